The van der Waals surface area contributed by atoms with Gasteiger partial charge in [-0.1, -0.05) is 46.8 Å². The van der Waals surface area contributed by atoms with Crippen molar-refractivity contribution in [2.75, 3.05) is 17.7 Å². The van der Waals surface area contributed by atoms with Crippen LogP contribution in [0.5, 0.6) is 0 Å². The summed E-state index contributed by atoms with van der Waals surface area (Å²) in [6.07, 6.45) is 0. The number of hydrogen-bond donors (Lipinski definition) is 2. The fourth-order valence-electron chi connectivity index (χ4n) is 2.11. The van der Waals surface area contributed by atoms with E-state index in [1.165, 1.54) is 30.2 Å². The van der Waals surface area contributed by atoms with E-state index in [1.807, 2.05) is 12.1 Å². The topological polar surface area (TPSA) is 93.2 Å². The summed E-state index contributed by atoms with van der Waals surface area (Å²) in [6.45, 7) is 0. The maximum absolute atomic E-state index is 12.0. The zero-order valence-electron chi connectivity index (χ0n) is 14.6. The number of esters is 1. The third-order valence-corrected chi connectivity index (χ3v) is 5.76. The molecule has 3 rings (SSSR count). The Morgan fingerprint density at radius 1 is 1.07 bits per heavy atom. The number of nitrogens with zero attached hydrogens (tertiary/aromatic N) is 2. The minimum Gasteiger partial charge on any atom is -0.465 e. The standard InChI is InChI=1S/C18H15ClN4O3S2/c1-26-15(24)12-4-2-11(3-5-12)10-27-18-23-22-17(28-18)21-16(25)20-14-8-6-13(19)7-9-14/h2-9H,10H2,1H3,(H2,20,21,22,25). The molecule has 2 N–H and O–H groups in total. The van der Waals surface area contributed by atoms with Gasteiger partial charge in [-0.25, -0.2) is 9.59 Å². The Balaban J connectivity index is 1.50. The van der Waals surface area contributed by atoms with E-state index in [0.717, 1.165) is 9.90 Å². The van der Waals surface area contributed by atoms with E-state index in [0.29, 0.717) is 27.2 Å². The van der Waals surface area contributed by atoms with E-state index >= 15 is 0 Å². The minimum absolute atomic E-state index is 0.365. The molecule has 0 atom stereocenters. The number of carbonyl (C=O) groups excluding carboxylic acids is 2. The van der Waals surface area contributed by atoms with Crippen molar-refractivity contribution in [2.24, 2.45) is 0 Å². The molecular weight excluding hydrogens is 420 g/mol. The van der Waals surface area contributed by atoms with Crippen LogP contribution in [0.15, 0.2) is 52.9 Å². The third kappa shape index (κ3) is 5.69. The van der Waals surface area contributed by atoms with Gasteiger partial charge in [0.15, 0.2) is 4.34 Å². The molecule has 3 aromatic rings. The van der Waals surface area contributed by atoms with Crippen molar-refractivity contribution in [3.63, 3.8) is 0 Å². The number of carbonyl (C=O) groups is 2. The molecule has 10 heteroatoms. The van der Waals surface area contributed by atoms with E-state index in [-0.39, 0.29) is 5.97 Å². The van der Waals surface area contributed by atoms with Crippen molar-refractivity contribution in [1.29, 1.82) is 0 Å². The molecule has 0 aliphatic heterocycles. The Kier molecular flexibility index (Phi) is 6.85. The molecule has 0 bridgehead atoms. The maximum Gasteiger partial charge on any atom is 0.337 e. The van der Waals surface area contributed by atoms with Crippen LogP contribution in [0.1, 0.15) is 15.9 Å². The van der Waals surface area contributed by atoms with Crippen molar-refractivity contribution < 1.29 is 14.3 Å². The van der Waals surface area contributed by atoms with E-state index in [9.17, 15) is 9.59 Å². The smallest absolute Gasteiger partial charge is 0.337 e. The highest BCUT2D eigenvalue weighted by molar-refractivity contribution is 8.00. The molecule has 0 aliphatic rings. The molecule has 7 nitrogen and oxygen atoms in total. The quantitative estimate of drug-likeness (QED) is 0.325. The van der Waals surface area contributed by atoms with Crippen molar-refractivity contribution in [1.82, 2.24) is 10.2 Å². The number of benzene rings is 2. The van der Waals surface area contributed by atoms with Crippen LogP contribution in [0.25, 0.3) is 0 Å². The van der Waals surface area contributed by atoms with Gasteiger partial charge in [-0.2, -0.15) is 0 Å². The summed E-state index contributed by atoms with van der Waals surface area (Å²) >= 11 is 8.58. The fourth-order valence-corrected chi connectivity index (χ4v) is 3.94. The van der Waals surface area contributed by atoms with Crippen molar-refractivity contribution in [2.45, 2.75) is 10.1 Å². The predicted molar refractivity (Wildman–Crippen MR) is 111 cm³/mol. The molecule has 0 saturated heterocycles. The largest absolute Gasteiger partial charge is 0.465 e. The van der Waals surface area contributed by atoms with Crippen LogP contribution in [-0.2, 0) is 10.5 Å². The van der Waals surface area contributed by atoms with E-state index in [4.69, 9.17) is 11.6 Å². The molecule has 2 aromatic carbocycles. The number of methoxy groups -OCH3 is 1. The van der Waals surface area contributed by atoms with E-state index < -0.39 is 6.03 Å². The Hall–Kier alpha value is -2.62. The molecule has 1 heterocycles. The van der Waals surface area contributed by atoms with Crippen molar-refractivity contribution >= 4 is 57.5 Å². The van der Waals surface area contributed by atoms with Gasteiger partial charge in [0.2, 0.25) is 5.13 Å². The van der Waals surface area contributed by atoms with Gasteiger partial charge in [0.1, 0.15) is 0 Å². The number of ether oxygens (including phenoxy) is 1. The molecule has 0 spiro atoms. The second-order valence-electron chi connectivity index (χ2n) is 5.44. The number of rotatable bonds is 6. The summed E-state index contributed by atoms with van der Waals surface area (Å²) in [5.41, 5.74) is 2.16. The number of halogens is 1. The molecule has 0 unspecified atom stereocenters. The van der Waals surface area contributed by atoms with Crippen LogP contribution in [0.4, 0.5) is 15.6 Å². The van der Waals surface area contributed by atoms with Crippen molar-refractivity contribution in [3.8, 4) is 0 Å². The average Bonchev–Trinajstić information content (AvgIpc) is 3.15. The first-order valence-corrected chi connectivity index (χ1v) is 10.2. The molecule has 0 aliphatic carbocycles. The summed E-state index contributed by atoms with van der Waals surface area (Å²) in [6, 6.07) is 13.5. The van der Waals surface area contributed by atoms with Crippen LogP contribution < -0.4 is 10.6 Å². The van der Waals surface area contributed by atoms with Crippen LogP contribution in [-0.4, -0.2) is 29.3 Å². The fraction of sp³-hybridized carbons (Fsp3) is 0.111. The zero-order chi connectivity index (χ0) is 19.9. The number of amides is 2. The molecule has 28 heavy (non-hydrogen) atoms. The highest BCUT2D eigenvalue weighted by Gasteiger charge is 2.10. The first kappa shape index (κ1) is 20.1. The highest BCUT2D eigenvalue weighted by atomic mass is 35.5. The average molecular weight is 435 g/mol. The van der Waals surface area contributed by atoms with E-state index in [2.05, 4.69) is 25.6 Å². The van der Waals surface area contributed by atoms with Gasteiger partial charge >= 0.3 is 12.0 Å². The van der Waals surface area contributed by atoms with Gasteiger partial charge in [-0.3, -0.25) is 5.32 Å². The van der Waals surface area contributed by atoms with E-state index in [1.54, 1.807) is 36.4 Å². The lowest BCUT2D eigenvalue weighted by Gasteiger charge is -2.04. The number of urea groups is 1. The predicted octanol–water partition coefficient (Wildman–Crippen LogP) is 4.91. The Morgan fingerprint density at radius 2 is 1.79 bits per heavy atom. The molecule has 1 aromatic heterocycles. The first-order chi connectivity index (χ1) is 13.5. The lowest BCUT2D eigenvalue weighted by Crippen LogP contribution is -2.19. The zero-order valence-corrected chi connectivity index (χ0v) is 17.0. The van der Waals surface area contributed by atoms with Gasteiger partial charge in [-0.05, 0) is 42.0 Å². The number of nitrogens with one attached hydrogen (secondary N) is 2. The van der Waals surface area contributed by atoms with Crippen LogP contribution in [0.3, 0.4) is 0 Å². The summed E-state index contributed by atoms with van der Waals surface area (Å²) in [4.78, 5) is 23.4. The third-order valence-electron chi connectivity index (χ3n) is 3.47. The van der Waals surface area contributed by atoms with Gasteiger partial charge < -0.3 is 10.1 Å². The minimum atomic E-state index is -0.409. The summed E-state index contributed by atoms with van der Waals surface area (Å²) in [5.74, 6) is 0.295. The highest BCUT2D eigenvalue weighted by Crippen LogP contribution is 2.28. The molecule has 0 saturated carbocycles. The first-order valence-electron chi connectivity index (χ1n) is 8.00. The summed E-state index contributed by atoms with van der Waals surface area (Å²) < 4.78 is 5.40. The number of thioether (sulfide) groups is 1. The normalized spacial score (nSPS) is 10.4. The lowest BCUT2D eigenvalue weighted by atomic mass is 10.1. The Morgan fingerprint density at radius 3 is 2.46 bits per heavy atom. The monoisotopic (exact) mass is 434 g/mol. The van der Waals surface area contributed by atoms with Gasteiger partial charge in [0, 0.05) is 16.5 Å². The SMILES string of the molecule is COC(=O)c1ccc(CSc2nnc(NC(=O)Nc3ccc(Cl)cc3)s2)cc1. The van der Waals surface area contributed by atoms with Crippen LogP contribution >= 0.6 is 34.7 Å². The number of aromatic nitrogens is 2. The van der Waals surface area contributed by atoms with Gasteiger partial charge in [-0.15, -0.1) is 10.2 Å². The Labute approximate surface area is 174 Å². The molecule has 0 fully saturated rings. The van der Waals surface area contributed by atoms with Gasteiger partial charge in [0.05, 0.1) is 12.7 Å². The Bertz CT molecular complexity index is 962. The van der Waals surface area contributed by atoms with Crippen molar-refractivity contribution in [3.05, 3.63) is 64.7 Å². The second-order valence-corrected chi connectivity index (χ2v) is 8.07. The molecule has 2 amide bonds. The second kappa shape index (κ2) is 9.54. The van der Waals surface area contributed by atoms with Crippen LogP contribution in [0.2, 0.25) is 5.02 Å². The molecule has 0 radical (unpaired) electrons. The van der Waals surface area contributed by atoms with Gasteiger partial charge in [0.25, 0.3) is 0 Å². The summed E-state index contributed by atoms with van der Waals surface area (Å²) in [7, 11) is 1.35. The van der Waals surface area contributed by atoms with Crippen LogP contribution in [0, 0.1) is 0 Å². The lowest BCUT2D eigenvalue weighted by molar-refractivity contribution is 0.0600. The number of anilines is 2. The molecular formula is C18H15ClN4O3S2. The number of hydrogen-bond acceptors (Lipinski definition) is 7. The maximum atomic E-state index is 12.0. The summed E-state index contributed by atoms with van der Waals surface area (Å²) in [5, 5.41) is 14.4. The molecule has 144 valence electrons.